The molecule has 0 aliphatic carbocycles. The second-order valence-electron chi connectivity index (χ2n) is 3.81. The van der Waals surface area contributed by atoms with Gasteiger partial charge in [-0.2, -0.15) is 13.2 Å². The molecule has 2 N–H and O–H groups in total. The highest BCUT2D eigenvalue weighted by Crippen LogP contribution is 2.14. The molecule has 0 spiro atoms. The second kappa shape index (κ2) is 6.98. The van der Waals surface area contributed by atoms with Crippen LogP contribution in [0.2, 0.25) is 0 Å². The predicted octanol–water partition coefficient (Wildman–Crippen LogP) is 1.93. The van der Waals surface area contributed by atoms with E-state index in [-0.39, 0.29) is 19.6 Å². The summed E-state index contributed by atoms with van der Waals surface area (Å²) < 4.78 is 44.2. The molecular weight excluding hydrogens is 263 g/mol. The zero-order valence-electron chi connectivity index (χ0n) is 10.1. The Labute approximate surface area is 108 Å². The molecule has 106 valence electrons. The molecule has 0 radical (unpaired) electrons. The predicted molar refractivity (Wildman–Crippen MR) is 62.4 cm³/mol. The Morgan fingerprint density at radius 1 is 1.16 bits per heavy atom. The fraction of sp³-hybridized carbons (Fsp3) is 0.417. The number of benzene rings is 1. The van der Waals surface area contributed by atoms with E-state index in [2.05, 4.69) is 4.74 Å². The summed E-state index contributed by atoms with van der Waals surface area (Å²) in [4.78, 5) is 11.3. The van der Waals surface area contributed by atoms with Gasteiger partial charge in [-0.3, -0.25) is 4.79 Å². The van der Waals surface area contributed by atoms with Crippen molar-refractivity contribution >= 4 is 11.7 Å². The number of carbonyl (C=O) groups is 1. The molecule has 0 amide bonds. The van der Waals surface area contributed by atoms with Crippen LogP contribution in [0.1, 0.15) is 5.56 Å². The highest BCUT2D eigenvalue weighted by atomic mass is 19.4. The molecule has 1 aromatic carbocycles. The van der Waals surface area contributed by atoms with Crippen molar-refractivity contribution in [3.63, 3.8) is 0 Å². The molecule has 0 bridgehead atoms. The van der Waals surface area contributed by atoms with E-state index in [1.807, 2.05) is 0 Å². The molecule has 0 atom stereocenters. The van der Waals surface area contributed by atoms with Crippen LogP contribution in [0.4, 0.5) is 18.9 Å². The summed E-state index contributed by atoms with van der Waals surface area (Å²) in [7, 11) is 0. The van der Waals surface area contributed by atoms with Gasteiger partial charge in [0.15, 0.2) is 0 Å². The molecule has 7 heteroatoms. The van der Waals surface area contributed by atoms with Crippen LogP contribution in [0.5, 0.6) is 0 Å². The van der Waals surface area contributed by atoms with Gasteiger partial charge in [-0.1, -0.05) is 12.1 Å². The summed E-state index contributed by atoms with van der Waals surface area (Å²) in [5, 5.41) is 0. The average Bonchev–Trinajstić information content (AvgIpc) is 2.30. The first-order valence-electron chi connectivity index (χ1n) is 5.51. The van der Waals surface area contributed by atoms with Gasteiger partial charge in [0, 0.05) is 5.69 Å². The maximum Gasteiger partial charge on any atom is 0.411 e. The highest BCUT2D eigenvalue weighted by Gasteiger charge is 2.27. The SMILES string of the molecule is Nc1ccc(CC(=O)OCCOCC(F)(F)F)cc1. The van der Waals surface area contributed by atoms with E-state index >= 15 is 0 Å². The molecule has 19 heavy (non-hydrogen) atoms. The fourth-order valence-electron chi connectivity index (χ4n) is 1.26. The highest BCUT2D eigenvalue weighted by molar-refractivity contribution is 5.72. The van der Waals surface area contributed by atoms with E-state index in [1.165, 1.54) is 0 Å². The van der Waals surface area contributed by atoms with E-state index < -0.39 is 18.8 Å². The molecule has 0 heterocycles. The molecule has 0 aliphatic rings. The normalized spacial score (nSPS) is 11.3. The first-order chi connectivity index (χ1) is 8.87. The van der Waals surface area contributed by atoms with Gasteiger partial charge in [-0.25, -0.2) is 0 Å². The minimum Gasteiger partial charge on any atom is -0.463 e. The van der Waals surface area contributed by atoms with Crippen molar-refractivity contribution in [1.29, 1.82) is 0 Å². The van der Waals surface area contributed by atoms with Gasteiger partial charge < -0.3 is 15.2 Å². The molecule has 0 fully saturated rings. The summed E-state index contributed by atoms with van der Waals surface area (Å²) in [6.07, 6.45) is -4.33. The molecule has 1 rings (SSSR count). The van der Waals surface area contributed by atoms with Crippen molar-refractivity contribution in [1.82, 2.24) is 0 Å². The number of esters is 1. The summed E-state index contributed by atoms with van der Waals surface area (Å²) in [6, 6.07) is 6.65. The van der Waals surface area contributed by atoms with Crippen LogP contribution >= 0.6 is 0 Å². The van der Waals surface area contributed by atoms with E-state index in [0.717, 1.165) is 5.56 Å². The zero-order valence-corrected chi connectivity index (χ0v) is 10.1. The monoisotopic (exact) mass is 277 g/mol. The number of alkyl halides is 3. The van der Waals surface area contributed by atoms with Crippen molar-refractivity contribution < 1.29 is 27.4 Å². The Kier molecular flexibility index (Phi) is 5.62. The topological polar surface area (TPSA) is 61.6 Å². The van der Waals surface area contributed by atoms with Crippen LogP contribution in [0.25, 0.3) is 0 Å². The van der Waals surface area contributed by atoms with Gasteiger partial charge in [-0.15, -0.1) is 0 Å². The van der Waals surface area contributed by atoms with E-state index in [4.69, 9.17) is 10.5 Å². The van der Waals surface area contributed by atoms with Crippen LogP contribution < -0.4 is 5.73 Å². The number of hydrogen-bond donors (Lipinski definition) is 1. The van der Waals surface area contributed by atoms with E-state index in [9.17, 15) is 18.0 Å². The third-order valence-corrected chi connectivity index (χ3v) is 2.08. The van der Waals surface area contributed by atoms with Crippen LogP contribution in [0.15, 0.2) is 24.3 Å². The smallest absolute Gasteiger partial charge is 0.411 e. The van der Waals surface area contributed by atoms with Gasteiger partial charge in [0.25, 0.3) is 0 Å². The minimum absolute atomic E-state index is 0.0412. The third-order valence-electron chi connectivity index (χ3n) is 2.08. The van der Waals surface area contributed by atoms with Gasteiger partial charge in [-0.05, 0) is 17.7 Å². The summed E-state index contributed by atoms with van der Waals surface area (Å²) >= 11 is 0. The van der Waals surface area contributed by atoms with Crippen LogP contribution in [-0.4, -0.2) is 32.0 Å². The zero-order chi connectivity index (χ0) is 14.3. The van der Waals surface area contributed by atoms with Crippen molar-refractivity contribution in [2.45, 2.75) is 12.6 Å². The number of rotatable bonds is 6. The van der Waals surface area contributed by atoms with Gasteiger partial charge in [0.05, 0.1) is 13.0 Å². The van der Waals surface area contributed by atoms with Gasteiger partial charge >= 0.3 is 12.1 Å². The minimum atomic E-state index is -4.37. The van der Waals surface area contributed by atoms with E-state index in [0.29, 0.717) is 5.69 Å². The number of nitrogens with two attached hydrogens (primary N) is 1. The Morgan fingerprint density at radius 2 is 1.79 bits per heavy atom. The molecule has 0 aromatic heterocycles. The number of halogens is 3. The summed E-state index contributed by atoms with van der Waals surface area (Å²) in [5.41, 5.74) is 6.78. The van der Waals surface area contributed by atoms with Gasteiger partial charge in [0.2, 0.25) is 0 Å². The number of ether oxygens (including phenoxy) is 2. The maximum absolute atomic E-state index is 11.7. The number of carbonyl (C=O) groups excluding carboxylic acids is 1. The second-order valence-corrected chi connectivity index (χ2v) is 3.81. The molecule has 0 aliphatic heterocycles. The Balaban J connectivity index is 2.16. The summed E-state index contributed by atoms with van der Waals surface area (Å²) in [6.45, 7) is -1.83. The average molecular weight is 277 g/mol. The Bertz CT molecular complexity index is 404. The lowest BCUT2D eigenvalue weighted by Gasteiger charge is -2.08. The third kappa shape index (κ3) is 7.30. The maximum atomic E-state index is 11.7. The van der Waals surface area contributed by atoms with Crippen LogP contribution in [-0.2, 0) is 20.7 Å². The largest absolute Gasteiger partial charge is 0.463 e. The lowest BCUT2D eigenvalue weighted by molar-refractivity contribution is -0.177. The first kappa shape index (κ1) is 15.3. The van der Waals surface area contributed by atoms with Crippen LogP contribution in [0, 0.1) is 0 Å². The first-order valence-corrected chi connectivity index (χ1v) is 5.51. The summed E-state index contributed by atoms with van der Waals surface area (Å²) in [5.74, 6) is -0.527. The Hall–Kier alpha value is -1.76. The van der Waals surface area contributed by atoms with Crippen molar-refractivity contribution in [2.24, 2.45) is 0 Å². The molecule has 0 saturated carbocycles. The van der Waals surface area contributed by atoms with Crippen molar-refractivity contribution in [2.75, 3.05) is 25.6 Å². The quantitative estimate of drug-likeness (QED) is 0.490. The molecule has 0 saturated heterocycles. The molecule has 1 aromatic rings. The molecular formula is C12H14F3NO3. The van der Waals surface area contributed by atoms with Gasteiger partial charge in [0.1, 0.15) is 13.2 Å². The fourth-order valence-corrected chi connectivity index (χ4v) is 1.26. The van der Waals surface area contributed by atoms with E-state index in [1.54, 1.807) is 24.3 Å². The molecule has 0 unspecified atom stereocenters. The lowest BCUT2D eigenvalue weighted by atomic mass is 10.1. The molecule has 4 nitrogen and oxygen atoms in total. The number of anilines is 1. The standard InChI is InChI=1S/C12H14F3NO3/c13-12(14,15)8-18-5-6-19-11(17)7-9-1-3-10(16)4-2-9/h1-4H,5-8,16H2. The lowest BCUT2D eigenvalue weighted by Crippen LogP contribution is -2.20. The van der Waals surface area contributed by atoms with Crippen molar-refractivity contribution in [3.05, 3.63) is 29.8 Å². The van der Waals surface area contributed by atoms with Crippen LogP contribution in [0.3, 0.4) is 0 Å². The Morgan fingerprint density at radius 3 is 2.37 bits per heavy atom. The number of nitrogen functional groups attached to an aromatic ring is 1. The number of hydrogen-bond acceptors (Lipinski definition) is 4. The van der Waals surface area contributed by atoms with Crippen molar-refractivity contribution in [3.8, 4) is 0 Å².